The van der Waals surface area contributed by atoms with Crippen LogP contribution >= 0.6 is 11.6 Å². The Hall–Kier alpha value is -1.03. The van der Waals surface area contributed by atoms with Crippen LogP contribution in [0.1, 0.15) is 57.6 Å². The number of carbonyl (C=O) groups is 1. The third kappa shape index (κ3) is 2.63. The molecule has 0 atom stereocenters. The summed E-state index contributed by atoms with van der Waals surface area (Å²) in [7, 11) is 0. The molecule has 0 radical (unpaired) electrons. The molecule has 0 amide bonds. The minimum absolute atomic E-state index is 0.106. The van der Waals surface area contributed by atoms with Crippen molar-refractivity contribution >= 4 is 17.6 Å². The van der Waals surface area contributed by atoms with Crippen molar-refractivity contribution in [3.63, 3.8) is 0 Å². The molecular formula is C12H19ClN2O2. The van der Waals surface area contributed by atoms with Gasteiger partial charge in [-0.05, 0) is 20.8 Å². The van der Waals surface area contributed by atoms with E-state index < -0.39 is 5.97 Å². The van der Waals surface area contributed by atoms with Crippen molar-refractivity contribution in [3.8, 4) is 0 Å². The molecule has 0 saturated carbocycles. The van der Waals surface area contributed by atoms with Crippen molar-refractivity contribution in [2.45, 2.75) is 52.5 Å². The second kappa shape index (κ2) is 4.02. The Balaban J connectivity index is 3.58. The van der Waals surface area contributed by atoms with E-state index in [2.05, 4.69) is 5.10 Å². The molecule has 0 saturated heterocycles. The summed E-state index contributed by atoms with van der Waals surface area (Å²) in [5, 5.41) is 13.8. The number of aromatic nitrogens is 2. The van der Waals surface area contributed by atoms with Gasteiger partial charge in [0.25, 0.3) is 0 Å². The molecule has 1 N–H and O–H groups in total. The Labute approximate surface area is 107 Å². The summed E-state index contributed by atoms with van der Waals surface area (Å²) in [6.45, 7) is 11.6. The van der Waals surface area contributed by atoms with Crippen LogP contribution in [0.15, 0.2) is 0 Å². The van der Waals surface area contributed by atoms with Gasteiger partial charge in [0.15, 0.2) is 0 Å². The lowest BCUT2D eigenvalue weighted by Crippen LogP contribution is -2.24. The molecule has 1 aromatic rings. The van der Waals surface area contributed by atoms with Crippen LogP contribution in [0.5, 0.6) is 0 Å². The molecule has 5 heteroatoms. The maximum absolute atomic E-state index is 11.3. The third-order valence-corrected chi connectivity index (χ3v) is 2.74. The van der Waals surface area contributed by atoms with Crippen molar-refractivity contribution in [1.29, 1.82) is 0 Å². The fraction of sp³-hybridized carbons (Fsp3) is 0.667. The molecule has 1 aromatic heterocycles. The van der Waals surface area contributed by atoms with E-state index in [1.807, 2.05) is 41.5 Å². The highest BCUT2D eigenvalue weighted by Gasteiger charge is 2.32. The van der Waals surface area contributed by atoms with Crippen molar-refractivity contribution in [1.82, 2.24) is 9.78 Å². The zero-order chi connectivity index (χ0) is 13.6. The van der Waals surface area contributed by atoms with Gasteiger partial charge in [0.2, 0.25) is 0 Å². The van der Waals surface area contributed by atoms with Gasteiger partial charge in [-0.1, -0.05) is 32.4 Å². The molecule has 0 aliphatic carbocycles. The van der Waals surface area contributed by atoms with Gasteiger partial charge in [0, 0.05) is 5.41 Å². The van der Waals surface area contributed by atoms with Crippen LogP contribution < -0.4 is 0 Å². The van der Waals surface area contributed by atoms with Gasteiger partial charge in [-0.25, -0.2) is 9.48 Å². The average Bonchev–Trinajstić information content (AvgIpc) is 2.40. The zero-order valence-corrected chi connectivity index (χ0v) is 11.9. The topological polar surface area (TPSA) is 55.1 Å². The van der Waals surface area contributed by atoms with Gasteiger partial charge >= 0.3 is 5.97 Å². The Kier molecular flexibility index (Phi) is 3.32. The van der Waals surface area contributed by atoms with E-state index in [1.54, 1.807) is 4.68 Å². The first-order valence-corrected chi connectivity index (χ1v) is 5.87. The van der Waals surface area contributed by atoms with Gasteiger partial charge in [-0.15, -0.1) is 0 Å². The first-order chi connectivity index (χ1) is 7.46. The normalized spacial score (nSPS) is 12.9. The highest BCUT2D eigenvalue weighted by molar-refractivity contribution is 6.32. The molecule has 0 aliphatic heterocycles. The summed E-state index contributed by atoms with van der Waals surface area (Å²) in [5.41, 5.74) is -0.0717. The minimum atomic E-state index is -1.03. The average molecular weight is 259 g/mol. The minimum Gasteiger partial charge on any atom is -0.478 e. The molecule has 0 unspecified atom stereocenters. The van der Waals surface area contributed by atoms with E-state index in [1.165, 1.54) is 0 Å². The van der Waals surface area contributed by atoms with E-state index in [0.717, 1.165) is 0 Å². The van der Waals surface area contributed by atoms with Gasteiger partial charge in [-0.3, -0.25) is 0 Å². The van der Waals surface area contributed by atoms with Crippen LogP contribution in [-0.2, 0) is 11.0 Å². The standard InChI is InChI=1S/C12H19ClN2O2/c1-11(2,3)8-7(10(16)17)9(13)15(14-8)12(4,5)6/h1-6H3,(H,16,17). The highest BCUT2D eigenvalue weighted by Crippen LogP contribution is 2.32. The number of rotatable bonds is 1. The smallest absolute Gasteiger partial charge is 0.340 e. The quantitative estimate of drug-likeness (QED) is 0.841. The first kappa shape index (κ1) is 14.0. The predicted octanol–water partition coefficient (Wildman–Crippen LogP) is 3.29. The predicted molar refractivity (Wildman–Crippen MR) is 67.9 cm³/mol. The van der Waals surface area contributed by atoms with Gasteiger partial charge in [0.05, 0.1) is 11.2 Å². The molecule has 0 aliphatic rings. The van der Waals surface area contributed by atoms with Crippen LogP contribution in [0.25, 0.3) is 0 Å². The Morgan fingerprint density at radius 2 is 1.71 bits per heavy atom. The van der Waals surface area contributed by atoms with Crippen molar-refractivity contribution in [2.75, 3.05) is 0 Å². The number of nitrogens with zero attached hydrogens (tertiary/aromatic N) is 2. The van der Waals surface area contributed by atoms with Crippen molar-refractivity contribution in [2.24, 2.45) is 0 Å². The summed E-state index contributed by atoms with van der Waals surface area (Å²) in [4.78, 5) is 11.3. The number of hydrogen-bond donors (Lipinski definition) is 1. The third-order valence-electron chi connectivity index (χ3n) is 2.39. The monoisotopic (exact) mass is 258 g/mol. The van der Waals surface area contributed by atoms with Gasteiger partial charge < -0.3 is 5.11 Å². The van der Waals surface area contributed by atoms with Gasteiger partial charge in [-0.2, -0.15) is 5.10 Å². The van der Waals surface area contributed by atoms with Crippen molar-refractivity contribution in [3.05, 3.63) is 16.4 Å². The molecule has 0 spiro atoms. The van der Waals surface area contributed by atoms with E-state index in [4.69, 9.17) is 11.6 Å². The number of aromatic carboxylic acids is 1. The lowest BCUT2D eigenvalue weighted by Gasteiger charge is -2.21. The fourth-order valence-corrected chi connectivity index (χ4v) is 2.02. The van der Waals surface area contributed by atoms with Crippen LogP contribution in [0.3, 0.4) is 0 Å². The maximum atomic E-state index is 11.3. The molecule has 17 heavy (non-hydrogen) atoms. The number of carboxylic acid groups (broad SMARTS) is 1. The second-order valence-corrected chi connectivity index (χ2v) is 6.51. The molecule has 96 valence electrons. The summed E-state index contributed by atoms with van der Waals surface area (Å²) in [6, 6.07) is 0. The Morgan fingerprint density at radius 1 is 1.24 bits per heavy atom. The lowest BCUT2D eigenvalue weighted by atomic mass is 9.89. The van der Waals surface area contributed by atoms with Gasteiger partial charge in [0.1, 0.15) is 10.7 Å². The molecule has 0 aromatic carbocycles. The molecule has 1 heterocycles. The van der Waals surface area contributed by atoms with Crippen LogP contribution in [0, 0.1) is 0 Å². The maximum Gasteiger partial charge on any atom is 0.340 e. The Morgan fingerprint density at radius 3 is 1.94 bits per heavy atom. The first-order valence-electron chi connectivity index (χ1n) is 5.49. The summed E-state index contributed by atoms with van der Waals surface area (Å²) in [5.74, 6) is -1.03. The van der Waals surface area contributed by atoms with Crippen molar-refractivity contribution < 1.29 is 9.90 Å². The summed E-state index contributed by atoms with van der Waals surface area (Å²) in [6.07, 6.45) is 0. The summed E-state index contributed by atoms with van der Waals surface area (Å²) >= 11 is 6.13. The molecular weight excluding hydrogens is 240 g/mol. The summed E-state index contributed by atoms with van der Waals surface area (Å²) < 4.78 is 1.57. The second-order valence-electron chi connectivity index (χ2n) is 6.15. The van der Waals surface area contributed by atoms with E-state index in [9.17, 15) is 9.90 Å². The Bertz CT molecular complexity index is 450. The van der Waals surface area contributed by atoms with E-state index in [-0.39, 0.29) is 21.7 Å². The molecule has 0 bridgehead atoms. The van der Waals surface area contributed by atoms with Crippen LogP contribution in [-0.4, -0.2) is 20.9 Å². The zero-order valence-electron chi connectivity index (χ0n) is 11.1. The highest BCUT2D eigenvalue weighted by atomic mass is 35.5. The molecule has 0 fully saturated rings. The number of halogens is 1. The number of hydrogen-bond acceptors (Lipinski definition) is 2. The van der Waals surface area contributed by atoms with E-state index in [0.29, 0.717) is 5.69 Å². The lowest BCUT2D eigenvalue weighted by molar-refractivity contribution is 0.0694. The number of carboxylic acids is 1. The van der Waals surface area contributed by atoms with E-state index >= 15 is 0 Å². The van der Waals surface area contributed by atoms with Crippen LogP contribution in [0.2, 0.25) is 5.15 Å². The molecule has 4 nitrogen and oxygen atoms in total. The van der Waals surface area contributed by atoms with Crippen LogP contribution in [0.4, 0.5) is 0 Å². The molecule has 1 rings (SSSR count). The SMILES string of the molecule is CC(C)(C)c1nn(C(C)(C)C)c(Cl)c1C(=O)O. The largest absolute Gasteiger partial charge is 0.478 e. The fourth-order valence-electron chi connectivity index (χ4n) is 1.56.